The number of non-ortho nitro benzene ring substituents is 1. The molecule has 2 saturated heterocycles. The standard InChI is InChI=1S/C29H21N3O7/c33-27(18-6-8-19(9-7-18)32(36)37)26-24-23(25-20-4-2-1-3-17(20)11-12-30(25)26)28(34)31(29(24)35)14-16-5-10-21-22(13-16)39-15-38-21/h1-13,23-26H,14-15H2/t23-,24+,25?,26-/m0/s1. The molecule has 4 heterocycles. The predicted molar refractivity (Wildman–Crippen MR) is 136 cm³/mol. The Balaban J connectivity index is 1.28. The topological polar surface area (TPSA) is 119 Å². The van der Waals surface area contributed by atoms with Crippen molar-refractivity contribution in [1.82, 2.24) is 9.80 Å². The van der Waals surface area contributed by atoms with Gasteiger partial charge in [0.25, 0.3) is 5.69 Å². The molecule has 2 fully saturated rings. The van der Waals surface area contributed by atoms with Crippen LogP contribution in [0.2, 0.25) is 0 Å². The summed E-state index contributed by atoms with van der Waals surface area (Å²) >= 11 is 0. The number of ketones is 1. The van der Waals surface area contributed by atoms with Crippen molar-refractivity contribution < 1.29 is 28.8 Å². The van der Waals surface area contributed by atoms with Crippen LogP contribution < -0.4 is 9.47 Å². The van der Waals surface area contributed by atoms with Gasteiger partial charge in [-0.3, -0.25) is 29.4 Å². The van der Waals surface area contributed by atoms with Crippen LogP contribution >= 0.6 is 0 Å². The Morgan fingerprint density at radius 3 is 2.49 bits per heavy atom. The van der Waals surface area contributed by atoms with E-state index in [1.165, 1.54) is 29.2 Å². The lowest BCUT2D eigenvalue weighted by atomic mass is 9.83. The first-order chi connectivity index (χ1) is 18.9. The van der Waals surface area contributed by atoms with Crippen molar-refractivity contribution in [1.29, 1.82) is 0 Å². The third-order valence-corrected chi connectivity index (χ3v) is 7.96. The molecule has 3 aromatic rings. The molecule has 0 aromatic heterocycles. The molecule has 0 aliphatic carbocycles. The minimum absolute atomic E-state index is 0.0456. The second-order valence-electron chi connectivity index (χ2n) is 9.95. The molecule has 0 saturated carbocycles. The average molecular weight is 524 g/mol. The quantitative estimate of drug-likeness (QED) is 0.215. The number of imide groups is 1. The van der Waals surface area contributed by atoms with Crippen LogP contribution in [0, 0.1) is 22.0 Å². The van der Waals surface area contributed by atoms with Gasteiger partial charge in [0.1, 0.15) is 6.04 Å². The molecule has 0 radical (unpaired) electrons. The number of nitro groups is 1. The van der Waals surface area contributed by atoms with Crippen molar-refractivity contribution in [2.75, 3.05) is 6.79 Å². The number of Topliss-reactive ketones (excluding diaryl/α,β-unsaturated/α-hetero) is 1. The maximum atomic E-state index is 13.9. The molecule has 4 aliphatic heterocycles. The highest BCUT2D eigenvalue weighted by atomic mass is 16.7. The van der Waals surface area contributed by atoms with E-state index in [0.717, 1.165) is 11.1 Å². The van der Waals surface area contributed by atoms with Crippen molar-refractivity contribution in [2.24, 2.45) is 11.8 Å². The molecule has 7 rings (SSSR count). The smallest absolute Gasteiger partial charge is 0.269 e. The number of benzene rings is 3. The SMILES string of the molecule is O=C(c1ccc([N+](=O)[O-])cc1)[C@@H]1[C@@H]2C(=O)N(Cc3ccc4c(c3)OCO4)C(=O)[C@@H]2C2c3ccccc3C=CN21. The minimum Gasteiger partial charge on any atom is -0.454 e. The number of ether oxygens (including phenoxy) is 2. The monoisotopic (exact) mass is 523 g/mol. The average Bonchev–Trinajstić information content (AvgIpc) is 3.62. The van der Waals surface area contributed by atoms with Gasteiger partial charge in [0, 0.05) is 23.9 Å². The number of likely N-dealkylation sites (tertiary alicyclic amines) is 1. The highest BCUT2D eigenvalue weighted by molar-refractivity contribution is 6.12. The molecule has 1 unspecified atom stereocenters. The molecule has 4 aliphatic rings. The van der Waals surface area contributed by atoms with Crippen LogP contribution in [0.1, 0.15) is 33.1 Å². The Labute approximate surface area is 222 Å². The van der Waals surface area contributed by atoms with Crippen LogP contribution in [0.3, 0.4) is 0 Å². The van der Waals surface area contributed by atoms with E-state index in [2.05, 4.69) is 0 Å². The van der Waals surface area contributed by atoms with Crippen molar-refractivity contribution in [2.45, 2.75) is 18.6 Å². The number of amides is 2. The lowest BCUT2D eigenvalue weighted by Crippen LogP contribution is -2.44. The molecular weight excluding hydrogens is 502 g/mol. The number of nitrogens with zero attached hydrogens (tertiary/aromatic N) is 3. The first-order valence-corrected chi connectivity index (χ1v) is 12.5. The Morgan fingerprint density at radius 1 is 0.949 bits per heavy atom. The summed E-state index contributed by atoms with van der Waals surface area (Å²) < 4.78 is 10.8. The van der Waals surface area contributed by atoms with Gasteiger partial charge < -0.3 is 14.4 Å². The van der Waals surface area contributed by atoms with E-state index in [1.807, 2.05) is 35.2 Å². The summed E-state index contributed by atoms with van der Waals surface area (Å²) in [4.78, 5) is 55.4. The van der Waals surface area contributed by atoms with E-state index in [9.17, 15) is 24.5 Å². The summed E-state index contributed by atoms with van der Waals surface area (Å²) in [5, 5.41) is 11.1. The third kappa shape index (κ3) is 3.44. The molecular formula is C29H21N3O7. The van der Waals surface area contributed by atoms with Gasteiger partial charge in [-0.25, -0.2) is 0 Å². The minimum atomic E-state index is -0.940. The zero-order valence-corrected chi connectivity index (χ0v) is 20.4. The Morgan fingerprint density at radius 2 is 1.69 bits per heavy atom. The number of nitro benzene ring substituents is 1. The summed E-state index contributed by atoms with van der Waals surface area (Å²) in [5.74, 6) is -1.62. The predicted octanol–water partition coefficient (Wildman–Crippen LogP) is 3.72. The van der Waals surface area contributed by atoms with E-state index in [1.54, 1.807) is 24.4 Å². The zero-order chi connectivity index (χ0) is 26.8. The third-order valence-electron chi connectivity index (χ3n) is 7.96. The van der Waals surface area contributed by atoms with Crippen molar-refractivity contribution in [3.05, 3.63) is 105 Å². The van der Waals surface area contributed by atoms with E-state index >= 15 is 0 Å². The first kappa shape index (κ1) is 23.2. The van der Waals surface area contributed by atoms with Gasteiger partial charge in [0.05, 0.1) is 29.3 Å². The van der Waals surface area contributed by atoms with Gasteiger partial charge in [-0.1, -0.05) is 30.3 Å². The molecule has 0 N–H and O–H groups in total. The molecule has 0 spiro atoms. The van der Waals surface area contributed by atoms with Gasteiger partial charge in [-0.2, -0.15) is 0 Å². The fourth-order valence-corrected chi connectivity index (χ4v) is 6.21. The molecule has 194 valence electrons. The molecule has 2 amide bonds. The summed E-state index contributed by atoms with van der Waals surface area (Å²) in [6, 6.07) is 16.8. The van der Waals surface area contributed by atoms with Gasteiger partial charge in [-0.15, -0.1) is 0 Å². The molecule has 0 bridgehead atoms. The molecule has 39 heavy (non-hydrogen) atoms. The van der Waals surface area contributed by atoms with Crippen LogP contribution in [-0.2, 0) is 16.1 Å². The van der Waals surface area contributed by atoms with Gasteiger partial charge in [0.2, 0.25) is 18.6 Å². The number of hydrogen-bond acceptors (Lipinski definition) is 8. The summed E-state index contributed by atoms with van der Waals surface area (Å²) in [7, 11) is 0. The Kier molecular flexibility index (Phi) is 5.06. The largest absolute Gasteiger partial charge is 0.454 e. The van der Waals surface area contributed by atoms with E-state index in [-0.39, 0.29) is 36.3 Å². The highest BCUT2D eigenvalue weighted by Gasteiger charge is 2.64. The van der Waals surface area contributed by atoms with Crippen molar-refractivity contribution >= 4 is 29.4 Å². The molecule has 10 nitrogen and oxygen atoms in total. The summed E-state index contributed by atoms with van der Waals surface area (Å²) in [6.07, 6.45) is 3.66. The normalized spacial score (nSPS) is 24.0. The Hall–Kier alpha value is -4.99. The number of fused-ring (bicyclic) bond motifs is 6. The number of hydrogen-bond donors (Lipinski definition) is 0. The number of carbonyl (C=O) groups excluding carboxylic acids is 3. The second kappa shape index (κ2) is 8.52. The maximum Gasteiger partial charge on any atom is 0.269 e. The van der Waals surface area contributed by atoms with Crippen LogP contribution in [0.25, 0.3) is 6.08 Å². The lowest BCUT2D eigenvalue weighted by molar-refractivity contribution is -0.384. The van der Waals surface area contributed by atoms with Crippen LogP contribution in [-0.4, -0.2) is 45.2 Å². The van der Waals surface area contributed by atoms with Crippen molar-refractivity contribution in [3.8, 4) is 11.5 Å². The van der Waals surface area contributed by atoms with Crippen LogP contribution in [0.5, 0.6) is 11.5 Å². The molecule has 4 atom stereocenters. The lowest BCUT2D eigenvalue weighted by Gasteiger charge is -2.35. The van der Waals surface area contributed by atoms with Gasteiger partial charge in [-0.05, 0) is 47.0 Å². The number of rotatable bonds is 5. The fourth-order valence-electron chi connectivity index (χ4n) is 6.21. The van der Waals surface area contributed by atoms with E-state index in [4.69, 9.17) is 9.47 Å². The van der Waals surface area contributed by atoms with Gasteiger partial charge in [0.15, 0.2) is 17.3 Å². The van der Waals surface area contributed by atoms with E-state index in [0.29, 0.717) is 17.1 Å². The molecule has 3 aromatic carbocycles. The highest BCUT2D eigenvalue weighted by Crippen LogP contribution is 2.53. The van der Waals surface area contributed by atoms with Crippen LogP contribution in [0.4, 0.5) is 5.69 Å². The van der Waals surface area contributed by atoms with Gasteiger partial charge >= 0.3 is 0 Å². The first-order valence-electron chi connectivity index (χ1n) is 12.5. The maximum absolute atomic E-state index is 13.9. The summed E-state index contributed by atoms with van der Waals surface area (Å²) in [5.41, 5.74) is 2.62. The second-order valence-corrected chi connectivity index (χ2v) is 9.95. The molecule has 10 heteroatoms. The Bertz CT molecular complexity index is 1600. The number of carbonyl (C=O) groups is 3. The zero-order valence-electron chi connectivity index (χ0n) is 20.4. The van der Waals surface area contributed by atoms with Crippen molar-refractivity contribution in [3.63, 3.8) is 0 Å². The fraction of sp³-hybridized carbons (Fsp3) is 0.207. The van der Waals surface area contributed by atoms with Crippen LogP contribution in [0.15, 0.2) is 72.9 Å². The summed E-state index contributed by atoms with van der Waals surface area (Å²) in [6.45, 7) is 0.158. The van der Waals surface area contributed by atoms with E-state index < -0.39 is 34.7 Å².